The fourth-order valence-corrected chi connectivity index (χ4v) is 6.02. The number of ether oxygens (including phenoxy) is 2. The van der Waals surface area contributed by atoms with Gasteiger partial charge in [0.05, 0.1) is 34.3 Å². The van der Waals surface area contributed by atoms with E-state index in [1.165, 1.54) is 40.7 Å². The van der Waals surface area contributed by atoms with Crippen molar-refractivity contribution in [1.82, 2.24) is 4.31 Å². The molecule has 0 bridgehead atoms. The molecule has 13 heteroatoms. The summed E-state index contributed by atoms with van der Waals surface area (Å²) in [7, 11) is -3.70. The number of nitro benzene ring substituents is 1. The highest BCUT2D eigenvalue weighted by atomic mass is 32.2. The van der Waals surface area contributed by atoms with Crippen molar-refractivity contribution in [1.29, 1.82) is 0 Å². The number of nitro groups is 1. The van der Waals surface area contributed by atoms with Gasteiger partial charge in [-0.3, -0.25) is 14.9 Å². The van der Waals surface area contributed by atoms with E-state index in [1.807, 2.05) is 4.90 Å². The molecule has 2 aromatic carbocycles. The maximum atomic E-state index is 13.1. The first kappa shape index (κ1) is 27.5. The van der Waals surface area contributed by atoms with Crippen molar-refractivity contribution in [2.24, 2.45) is 0 Å². The summed E-state index contributed by atoms with van der Waals surface area (Å²) in [6.45, 7) is 2.14. The molecule has 0 radical (unpaired) electrons. The van der Waals surface area contributed by atoms with Gasteiger partial charge in [-0.25, -0.2) is 13.2 Å². The Kier molecular flexibility index (Phi) is 8.92. The average molecular weight is 547 g/mol. The number of benzene rings is 2. The summed E-state index contributed by atoms with van der Waals surface area (Å²) in [4.78, 5) is 38.0. The molecule has 4 rings (SSSR count). The van der Waals surface area contributed by atoms with Crippen LogP contribution in [0.15, 0.2) is 47.4 Å². The number of sulfonamides is 1. The molecule has 0 aromatic heterocycles. The monoisotopic (exact) mass is 546 g/mol. The number of rotatable bonds is 8. The summed E-state index contributed by atoms with van der Waals surface area (Å²) < 4.78 is 38.1. The first-order chi connectivity index (χ1) is 18.3. The van der Waals surface area contributed by atoms with Crippen molar-refractivity contribution < 1.29 is 32.4 Å². The molecule has 0 aliphatic carbocycles. The Morgan fingerprint density at radius 2 is 1.71 bits per heavy atom. The summed E-state index contributed by atoms with van der Waals surface area (Å²) in [6.07, 6.45) is 3.59. The molecule has 2 aromatic rings. The Bertz CT molecular complexity index is 1290. The lowest BCUT2D eigenvalue weighted by atomic mass is 10.1. The van der Waals surface area contributed by atoms with Crippen molar-refractivity contribution in [2.45, 2.75) is 30.6 Å². The Morgan fingerprint density at radius 3 is 2.39 bits per heavy atom. The predicted octanol–water partition coefficient (Wildman–Crippen LogP) is 2.79. The van der Waals surface area contributed by atoms with Gasteiger partial charge in [-0.2, -0.15) is 4.31 Å². The van der Waals surface area contributed by atoms with Crippen LogP contribution < -0.4 is 10.2 Å². The Balaban J connectivity index is 1.42. The van der Waals surface area contributed by atoms with E-state index in [-0.39, 0.29) is 21.8 Å². The van der Waals surface area contributed by atoms with E-state index in [0.29, 0.717) is 45.1 Å². The van der Waals surface area contributed by atoms with Gasteiger partial charge in [0, 0.05) is 44.0 Å². The molecule has 2 fully saturated rings. The Labute approximate surface area is 220 Å². The van der Waals surface area contributed by atoms with Crippen LogP contribution in [0.4, 0.5) is 17.1 Å². The lowest BCUT2D eigenvalue weighted by molar-refractivity contribution is -0.384. The molecule has 1 amide bonds. The minimum atomic E-state index is -3.70. The first-order valence-corrected chi connectivity index (χ1v) is 13.9. The van der Waals surface area contributed by atoms with Gasteiger partial charge in [0.1, 0.15) is 0 Å². The third kappa shape index (κ3) is 6.65. The lowest BCUT2D eigenvalue weighted by Gasteiger charge is -2.30. The smallest absolute Gasteiger partial charge is 0.341 e. The molecule has 38 heavy (non-hydrogen) atoms. The molecule has 204 valence electrons. The van der Waals surface area contributed by atoms with E-state index in [2.05, 4.69) is 5.32 Å². The molecule has 2 aliphatic heterocycles. The molecule has 0 saturated carbocycles. The SMILES string of the molecule is O=C(COC(=O)c1cc([N+](=O)[O-])ccc1N1CCOCC1)Nc1cccc(S(=O)(=O)N2CCCCCC2)c1. The van der Waals surface area contributed by atoms with Gasteiger partial charge in [-0.1, -0.05) is 18.9 Å². The van der Waals surface area contributed by atoms with Gasteiger partial charge in [-0.05, 0) is 37.1 Å². The second-order valence-electron chi connectivity index (χ2n) is 9.03. The first-order valence-electron chi connectivity index (χ1n) is 12.4. The molecule has 2 heterocycles. The van der Waals surface area contributed by atoms with Gasteiger partial charge < -0.3 is 19.7 Å². The number of hydrogen-bond acceptors (Lipinski definition) is 9. The molecule has 12 nitrogen and oxygen atoms in total. The van der Waals surface area contributed by atoms with Crippen LogP contribution in [0.5, 0.6) is 0 Å². The van der Waals surface area contributed by atoms with Crippen LogP contribution in [0.1, 0.15) is 36.0 Å². The molecular weight excluding hydrogens is 516 g/mol. The quantitative estimate of drug-likeness (QED) is 0.300. The maximum Gasteiger partial charge on any atom is 0.341 e. The molecule has 2 aliphatic rings. The van der Waals surface area contributed by atoms with Gasteiger partial charge >= 0.3 is 5.97 Å². The number of amides is 1. The zero-order valence-corrected chi connectivity index (χ0v) is 21.7. The van der Waals surface area contributed by atoms with Crippen molar-refractivity contribution in [3.8, 4) is 0 Å². The van der Waals surface area contributed by atoms with Gasteiger partial charge in [-0.15, -0.1) is 0 Å². The largest absolute Gasteiger partial charge is 0.452 e. The van der Waals surface area contributed by atoms with Crippen molar-refractivity contribution in [3.63, 3.8) is 0 Å². The van der Waals surface area contributed by atoms with E-state index in [4.69, 9.17) is 9.47 Å². The third-order valence-corrected chi connectivity index (χ3v) is 8.31. The van der Waals surface area contributed by atoms with Crippen LogP contribution in [0.2, 0.25) is 0 Å². The topological polar surface area (TPSA) is 148 Å². The average Bonchev–Trinajstić information content (AvgIpc) is 3.22. The molecule has 2 saturated heterocycles. The Hall–Kier alpha value is -3.55. The summed E-state index contributed by atoms with van der Waals surface area (Å²) in [6, 6.07) is 9.84. The van der Waals surface area contributed by atoms with E-state index < -0.39 is 33.4 Å². The Morgan fingerprint density at radius 1 is 1.00 bits per heavy atom. The van der Waals surface area contributed by atoms with Crippen LogP contribution in [-0.2, 0) is 24.3 Å². The van der Waals surface area contributed by atoms with Crippen LogP contribution >= 0.6 is 0 Å². The van der Waals surface area contributed by atoms with Crippen molar-refractivity contribution in [3.05, 3.63) is 58.1 Å². The molecular formula is C25H30N4O8S. The molecule has 1 N–H and O–H groups in total. The number of carbonyl (C=O) groups is 2. The van der Waals surface area contributed by atoms with Crippen LogP contribution in [0.3, 0.4) is 0 Å². The van der Waals surface area contributed by atoms with Gasteiger partial charge in [0.15, 0.2) is 6.61 Å². The minimum Gasteiger partial charge on any atom is -0.452 e. The normalized spacial score (nSPS) is 16.9. The van der Waals surface area contributed by atoms with Crippen molar-refractivity contribution >= 4 is 39.0 Å². The number of non-ortho nitro benzene ring substituents is 1. The standard InChI is InChI=1S/C25H30N4O8S/c30-24(26-19-6-5-7-21(16-19)38(34,35)28-10-3-1-2-4-11-28)18-37-25(31)22-17-20(29(32)33)8-9-23(22)27-12-14-36-15-13-27/h5-9,16-17H,1-4,10-15,18H2,(H,26,30). The summed E-state index contributed by atoms with van der Waals surface area (Å²) in [5.74, 6) is -1.57. The fraction of sp³-hybridized carbons (Fsp3) is 0.440. The highest BCUT2D eigenvalue weighted by Crippen LogP contribution is 2.27. The highest BCUT2D eigenvalue weighted by molar-refractivity contribution is 7.89. The number of morpholine rings is 1. The minimum absolute atomic E-state index is 0.0283. The fourth-order valence-electron chi connectivity index (χ4n) is 4.45. The summed E-state index contributed by atoms with van der Waals surface area (Å²) in [5, 5.41) is 13.8. The molecule has 0 spiro atoms. The number of hydrogen-bond donors (Lipinski definition) is 1. The number of esters is 1. The van der Waals surface area contributed by atoms with Gasteiger partial charge in [0.25, 0.3) is 11.6 Å². The number of carbonyl (C=O) groups excluding carboxylic acids is 2. The maximum absolute atomic E-state index is 13.1. The van der Waals surface area contributed by atoms with Gasteiger partial charge in [0.2, 0.25) is 10.0 Å². The van der Waals surface area contributed by atoms with Crippen LogP contribution in [0, 0.1) is 10.1 Å². The number of nitrogens with zero attached hydrogens (tertiary/aromatic N) is 3. The third-order valence-electron chi connectivity index (χ3n) is 6.42. The molecule has 0 unspecified atom stereocenters. The summed E-state index contributed by atoms with van der Waals surface area (Å²) in [5.41, 5.74) is 0.391. The van der Waals surface area contributed by atoms with E-state index in [9.17, 15) is 28.1 Å². The number of anilines is 2. The second-order valence-corrected chi connectivity index (χ2v) is 11.0. The highest BCUT2D eigenvalue weighted by Gasteiger charge is 2.26. The van der Waals surface area contributed by atoms with E-state index in [0.717, 1.165) is 31.7 Å². The predicted molar refractivity (Wildman–Crippen MR) is 139 cm³/mol. The van der Waals surface area contributed by atoms with Crippen molar-refractivity contribution in [2.75, 3.05) is 56.2 Å². The second kappa shape index (κ2) is 12.3. The zero-order chi connectivity index (χ0) is 27.1. The summed E-state index contributed by atoms with van der Waals surface area (Å²) >= 11 is 0. The van der Waals surface area contributed by atoms with E-state index >= 15 is 0 Å². The molecule has 0 atom stereocenters. The van der Waals surface area contributed by atoms with Crippen LogP contribution in [-0.4, -0.2) is 75.5 Å². The zero-order valence-electron chi connectivity index (χ0n) is 20.8. The number of nitrogens with one attached hydrogen (secondary N) is 1. The lowest BCUT2D eigenvalue weighted by Crippen LogP contribution is -2.37. The van der Waals surface area contributed by atoms with Crippen LogP contribution in [0.25, 0.3) is 0 Å². The van der Waals surface area contributed by atoms with E-state index in [1.54, 1.807) is 0 Å².